The molecule has 0 saturated heterocycles. The molecule has 0 saturated carbocycles. The zero-order valence-corrected chi connectivity index (χ0v) is 11.6. The van der Waals surface area contributed by atoms with Gasteiger partial charge >= 0.3 is 0 Å². The van der Waals surface area contributed by atoms with E-state index >= 15 is 0 Å². The summed E-state index contributed by atoms with van der Waals surface area (Å²) in [6.45, 7) is 6.82. The predicted octanol–water partition coefficient (Wildman–Crippen LogP) is 1.49. The van der Waals surface area contributed by atoms with Gasteiger partial charge in [0.1, 0.15) is 5.82 Å². The van der Waals surface area contributed by atoms with Gasteiger partial charge in [0.05, 0.1) is 4.90 Å². The van der Waals surface area contributed by atoms with E-state index in [1.165, 1.54) is 12.1 Å². The Morgan fingerprint density at radius 2 is 1.67 bits per heavy atom. The van der Waals surface area contributed by atoms with Gasteiger partial charge in [-0.15, -0.1) is 0 Å². The van der Waals surface area contributed by atoms with Crippen molar-refractivity contribution in [2.24, 2.45) is 0 Å². The lowest BCUT2D eigenvalue weighted by Gasteiger charge is -2.20. The first kappa shape index (κ1) is 15.1. The Balaban J connectivity index is 2.53. The highest BCUT2D eigenvalue weighted by Gasteiger charge is 2.14. The van der Waals surface area contributed by atoms with Gasteiger partial charge in [0.2, 0.25) is 10.0 Å². The Kier molecular flexibility index (Phi) is 4.84. The highest BCUT2D eigenvalue weighted by atomic mass is 32.2. The van der Waals surface area contributed by atoms with Gasteiger partial charge in [-0.25, -0.2) is 17.5 Å². The van der Waals surface area contributed by atoms with Gasteiger partial charge in [0.25, 0.3) is 0 Å². The van der Waals surface area contributed by atoms with Crippen molar-refractivity contribution < 1.29 is 12.8 Å². The van der Waals surface area contributed by atoms with Crippen molar-refractivity contribution in [3.05, 3.63) is 30.1 Å². The smallest absolute Gasteiger partial charge is 0.240 e. The molecule has 102 valence electrons. The van der Waals surface area contributed by atoms with Gasteiger partial charge in [0, 0.05) is 18.6 Å². The minimum atomic E-state index is -3.55. The third-order valence-corrected chi connectivity index (χ3v) is 3.67. The average Bonchev–Trinajstić information content (AvgIpc) is 2.24. The Bertz CT molecular complexity index is 478. The molecule has 0 radical (unpaired) electrons. The standard InChI is InChI=1S/C12H19FN2O2S/c1-12(2,3)14-8-9-15-18(16,17)11-6-4-10(13)5-7-11/h4-7,14-15H,8-9H2,1-3H3. The second-order valence-electron chi connectivity index (χ2n) is 5.03. The largest absolute Gasteiger partial charge is 0.311 e. The molecule has 0 aliphatic heterocycles. The minimum absolute atomic E-state index is 0.0542. The summed E-state index contributed by atoms with van der Waals surface area (Å²) in [5.74, 6) is -0.455. The molecule has 4 nitrogen and oxygen atoms in total. The first-order chi connectivity index (χ1) is 8.21. The molecular formula is C12H19FN2O2S. The molecule has 0 spiro atoms. The van der Waals surface area contributed by atoms with Crippen LogP contribution in [0.15, 0.2) is 29.2 Å². The van der Waals surface area contributed by atoms with Crippen molar-refractivity contribution in [2.45, 2.75) is 31.2 Å². The quantitative estimate of drug-likeness (QED) is 0.800. The fraction of sp³-hybridized carbons (Fsp3) is 0.500. The van der Waals surface area contributed by atoms with Crippen LogP contribution in [0.25, 0.3) is 0 Å². The van der Waals surface area contributed by atoms with Crippen LogP contribution in [-0.4, -0.2) is 27.0 Å². The molecule has 0 atom stereocenters. The molecule has 2 N–H and O–H groups in total. The molecule has 6 heteroatoms. The molecule has 1 aromatic carbocycles. The minimum Gasteiger partial charge on any atom is -0.311 e. The fourth-order valence-corrected chi connectivity index (χ4v) is 2.35. The molecule has 0 aliphatic rings. The molecule has 1 rings (SSSR count). The van der Waals surface area contributed by atoms with E-state index in [1.807, 2.05) is 20.8 Å². The molecule has 0 fully saturated rings. The number of benzene rings is 1. The maximum Gasteiger partial charge on any atom is 0.240 e. The van der Waals surface area contributed by atoms with E-state index in [2.05, 4.69) is 10.0 Å². The summed E-state index contributed by atoms with van der Waals surface area (Å²) in [6, 6.07) is 4.74. The second-order valence-corrected chi connectivity index (χ2v) is 6.80. The number of sulfonamides is 1. The number of hydrogen-bond donors (Lipinski definition) is 2. The fourth-order valence-electron chi connectivity index (χ4n) is 1.32. The first-order valence-electron chi connectivity index (χ1n) is 5.71. The van der Waals surface area contributed by atoms with Crippen LogP contribution in [0.1, 0.15) is 20.8 Å². The monoisotopic (exact) mass is 274 g/mol. The van der Waals surface area contributed by atoms with Gasteiger partial charge in [-0.05, 0) is 45.0 Å². The van der Waals surface area contributed by atoms with Crippen molar-refractivity contribution in [1.82, 2.24) is 10.0 Å². The molecule has 1 aromatic rings. The van der Waals surface area contributed by atoms with Crippen LogP contribution in [0.5, 0.6) is 0 Å². The SMILES string of the molecule is CC(C)(C)NCCNS(=O)(=O)c1ccc(F)cc1. The second kappa shape index (κ2) is 5.77. The Labute approximate surface area is 108 Å². The molecular weight excluding hydrogens is 255 g/mol. The molecule has 0 aliphatic carbocycles. The maximum atomic E-state index is 12.7. The Hall–Kier alpha value is -0.980. The third kappa shape index (κ3) is 5.12. The summed E-state index contributed by atoms with van der Waals surface area (Å²) in [5, 5.41) is 3.17. The van der Waals surface area contributed by atoms with Gasteiger partial charge < -0.3 is 5.32 Å². The van der Waals surface area contributed by atoms with Gasteiger partial charge in [-0.2, -0.15) is 0 Å². The molecule has 0 unspecified atom stereocenters. The van der Waals surface area contributed by atoms with E-state index in [0.717, 1.165) is 12.1 Å². The highest BCUT2D eigenvalue weighted by molar-refractivity contribution is 7.89. The number of nitrogens with one attached hydrogen (secondary N) is 2. The van der Waals surface area contributed by atoms with E-state index < -0.39 is 15.8 Å². The van der Waals surface area contributed by atoms with E-state index in [0.29, 0.717) is 6.54 Å². The van der Waals surface area contributed by atoms with Crippen LogP contribution >= 0.6 is 0 Å². The normalized spacial score (nSPS) is 12.7. The molecule has 0 aromatic heterocycles. The predicted molar refractivity (Wildman–Crippen MR) is 69.3 cm³/mol. The lowest BCUT2D eigenvalue weighted by molar-refractivity contribution is 0.428. The highest BCUT2D eigenvalue weighted by Crippen LogP contribution is 2.09. The summed E-state index contributed by atoms with van der Waals surface area (Å²) < 4.78 is 38.8. The maximum absolute atomic E-state index is 12.7. The van der Waals surface area contributed by atoms with Crippen LogP contribution in [0, 0.1) is 5.82 Å². The van der Waals surface area contributed by atoms with Crippen LogP contribution in [0.3, 0.4) is 0 Å². The number of halogens is 1. The molecule has 0 amide bonds. The van der Waals surface area contributed by atoms with Crippen LogP contribution in [0.2, 0.25) is 0 Å². The Morgan fingerprint density at radius 1 is 1.11 bits per heavy atom. The Morgan fingerprint density at radius 3 is 2.17 bits per heavy atom. The van der Waals surface area contributed by atoms with Crippen LogP contribution < -0.4 is 10.0 Å². The topological polar surface area (TPSA) is 58.2 Å². The lowest BCUT2D eigenvalue weighted by Crippen LogP contribution is -2.41. The van der Waals surface area contributed by atoms with Gasteiger partial charge in [-0.1, -0.05) is 0 Å². The van der Waals surface area contributed by atoms with Crippen molar-refractivity contribution >= 4 is 10.0 Å². The van der Waals surface area contributed by atoms with Crippen LogP contribution in [0.4, 0.5) is 4.39 Å². The van der Waals surface area contributed by atoms with Crippen molar-refractivity contribution in [2.75, 3.05) is 13.1 Å². The molecule has 18 heavy (non-hydrogen) atoms. The zero-order valence-electron chi connectivity index (χ0n) is 10.8. The summed E-state index contributed by atoms with van der Waals surface area (Å²) >= 11 is 0. The summed E-state index contributed by atoms with van der Waals surface area (Å²) in [6.07, 6.45) is 0. The average molecular weight is 274 g/mol. The number of rotatable bonds is 5. The molecule has 0 heterocycles. The van der Waals surface area contributed by atoms with Gasteiger partial charge in [-0.3, -0.25) is 0 Å². The first-order valence-corrected chi connectivity index (χ1v) is 7.19. The molecule has 0 bridgehead atoms. The van der Waals surface area contributed by atoms with Crippen molar-refractivity contribution in [3.8, 4) is 0 Å². The summed E-state index contributed by atoms with van der Waals surface area (Å²) in [4.78, 5) is 0.0691. The van der Waals surface area contributed by atoms with E-state index in [-0.39, 0.29) is 17.0 Å². The zero-order chi connectivity index (χ0) is 13.8. The van der Waals surface area contributed by atoms with Gasteiger partial charge in [0.15, 0.2) is 0 Å². The lowest BCUT2D eigenvalue weighted by atomic mass is 10.1. The number of hydrogen-bond acceptors (Lipinski definition) is 3. The van der Waals surface area contributed by atoms with Crippen molar-refractivity contribution in [1.29, 1.82) is 0 Å². The van der Waals surface area contributed by atoms with Crippen molar-refractivity contribution in [3.63, 3.8) is 0 Å². The van der Waals surface area contributed by atoms with E-state index in [9.17, 15) is 12.8 Å². The summed E-state index contributed by atoms with van der Waals surface area (Å²) in [7, 11) is -3.55. The van der Waals surface area contributed by atoms with E-state index in [4.69, 9.17) is 0 Å². The van der Waals surface area contributed by atoms with E-state index in [1.54, 1.807) is 0 Å². The summed E-state index contributed by atoms with van der Waals surface area (Å²) in [5.41, 5.74) is -0.0542. The third-order valence-electron chi connectivity index (χ3n) is 2.20. The van der Waals surface area contributed by atoms with Crippen LogP contribution in [-0.2, 0) is 10.0 Å².